The van der Waals surface area contributed by atoms with E-state index in [9.17, 15) is 10.2 Å². The third-order valence-electron chi connectivity index (χ3n) is 3.86. The third-order valence-corrected chi connectivity index (χ3v) is 3.86. The Hall–Kier alpha value is -1.24. The van der Waals surface area contributed by atoms with Gasteiger partial charge in [-0.3, -0.25) is 0 Å². The maximum absolute atomic E-state index is 10.2. The lowest BCUT2D eigenvalue weighted by Crippen LogP contribution is -2.65. The summed E-state index contributed by atoms with van der Waals surface area (Å²) in [4.78, 5) is 0. The largest absolute Gasteiger partial charge is 0.388 e. The van der Waals surface area contributed by atoms with Gasteiger partial charge in [-0.15, -0.1) is 6.58 Å². The lowest BCUT2D eigenvalue weighted by Gasteiger charge is -2.50. The number of hydrogen-bond donors (Lipinski definition) is 2. The second kappa shape index (κ2) is 5.27. The molecule has 1 aromatic carbocycles. The fourth-order valence-corrected chi connectivity index (χ4v) is 2.63. The quantitative estimate of drug-likeness (QED) is 0.782. The fourth-order valence-electron chi connectivity index (χ4n) is 2.63. The molecule has 2 fully saturated rings. The molecule has 0 bridgehead atoms. The minimum absolute atomic E-state index is 0.0341. The van der Waals surface area contributed by atoms with Crippen LogP contribution in [0.25, 0.3) is 0 Å². The van der Waals surface area contributed by atoms with E-state index in [1.807, 2.05) is 30.3 Å². The molecule has 3 rings (SSSR count). The molecule has 0 saturated carbocycles. The Balaban J connectivity index is 1.85. The summed E-state index contributed by atoms with van der Waals surface area (Å²) < 4.78 is 17.1. The Morgan fingerprint density at radius 1 is 1.25 bits per heavy atom. The lowest BCUT2D eigenvalue weighted by molar-refractivity contribution is -0.338. The van der Waals surface area contributed by atoms with Crippen LogP contribution >= 0.6 is 0 Å². The number of rotatable bonds is 2. The van der Waals surface area contributed by atoms with Crippen LogP contribution in [0.1, 0.15) is 11.9 Å². The Kier molecular flexibility index (Phi) is 3.62. The predicted molar refractivity (Wildman–Crippen MR) is 70.9 cm³/mol. The maximum atomic E-state index is 10.2. The van der Waals surface area contributed by atoms with Gasteiger partial charge in [0.15, 0.2) is 6.29 Å². The minimum Gasteiger partial charge on any atom is -0.388 e. The molecule has 108 valence electrons. The van der Waals surface area contributed by atoms with E-state index < -0.39 is 30.2 Å². The van der Waals surface area contributed by atoms with Gasteiger partial charge in [-0.05, 0) is 0 Å². The first-order valence-corrected chi connectivity index (χ1v) is 6.62. The molecular formula is C15H18O5. The van der Waals surface area contributed by atoms with E-state index in [0.717, 1.165) is 5.56 Å². The second-order valence-corrected chi connectivity index (χ2v) is 5.14. The van der Waals surface area contributed by atoms with Crippen LogP contribution in [0.15, 0.2) is 43.0 Å². The molecule has 2 saturated heterocycles. The second-order valence-electron chi connectivity index (χ2n) is 5.14. The molecular weight excluding hydrogens is 260 g/mol. The highest BCUT2D eigenvalue weighted by atomic mass is 16.7. The van der Waals surface area contributed by atoms with Gasteiger partial charge < -0.3 is 24.4 Å². The van der Waals surface area contributed by atoms with E-state index in [0.29, 0.717) is 0 Å². The molecule has 2 aliphatic rings. The van der Waals surface area contributed by atoms with E-state index in [4.69, 9.17) is 14.2 Å². The van der Waals surface area contributed by atoms with Crippen molar-refractivity contribution < 1.29 is 24.4 Å². The molecule has 2 heterocycles. The Labute approximate surface area is 117 Å². The monoisotopic (exact) mass is 278 g/mol. The van der Waals surface area contributed by atoms with Gasteiger partial charge in [0.05, 0.1) is 13.2 Å². The zero-order chi connectivity index (χ0) is 14.2. The molecule has 1 aromatic rings. The molecule has 5 nitrogen and oxygen atoms in total. The van der Waals surface area contributed by atoms with Crippen LogP contribution in [0.3, 0.4) is 0 Å². The van der Waals surface area contributed by atoms with Crippen molar-refractivity contribution in [2.24, 2.45) is 0 Å². The van der Waals surface area contributed by atoms with Gasteiger partial charge in [-0.2, -0.15) is 0 Å². The molecule has 0 aromatic heterocycles. The summed E-state index contributed by atoms with van der Waals surface area (Å²) in [5, 5.41) is 19.9. The summed E-state index contributed by atoms with van der Waals surface area (Å²) in [5.74, 6) is 0. The Morgan fingerprint density at radius 2 is 2.00 bits per heavy atom. The summed E-state index contributed by atoms with van der Waals surface area (Å²) in [5.41, 5.74) is -0.0540. The van der Waals surface area contributed by atoms with E-state index in [-0.39, 0.29) is 13.2 Å². The Bertz CT molecular complexity index is 476. The Morgan fingerprint density at radius 3 is 2.70 bits per heavy atom. The maximum Gasteiger partial charge on any atom is 0.184 e. The number of ether oxygens (including phenoxy) is 3. The minimum atomic E-state index is -1.03. The van der Waals surface area contributed by atoms with Crippen LogP contribution in [-0.2, 0) is 14.2 Å². The summed E-state index contributed by atoms with van der Waals surface area (Å²) in [6, 6.07) is 9.46. The lowest BCUT2D eigenvalue weighted by atomic mass is 9.87. The highest BCUT2D eigenvalue weighted by molar-refractivity contribution is 5.18. The van der Waals surface area contributed by atoms with Crippen molar-refractivity contribution in [3.8, 4) is 0 Å². The van der Waals surface area contributed by atoms with E-state index in [1.165, 1.54) is 0 Å². The predicted octanol–water partition coefficient (Wildman–Crippen LogP) is 0.777. The molecule has 0 unspecified atom stereocenters. The first-order valence-electron chi connectivity index (χ1n) is 6.62. The molecule has 5 heteroatoms. The summed E-state index contributed by atoms with van der Waals surface area (Å²) >= 11 is 0. The van der Waals surface area contributed by atoms with Gasteiger partial charge in [0.2, 0.25) is 0 Å². The molecule has 0 amide bonds. The van der Waals surface area contributed by atoms with Gasteiger partial charge >= 0.3 is 0 Å². The van der Waals surface area contributed by atoms with E-state index in [2.05, 4.69) is 6.58 Å². The van der Waals surface area contributed by atoms with Crippen molar-refractivity contribution in [3.63, 3.8) is 0 Å². The first-order chi connectivity index (χ1) is 9.66. The molecule has 2 aliphatic heterocycles. The van der Waals surface area contributed by atoms with Gasteiger partial charge in [0.1, 0.15) is 23.9 Å². The smallest absolute Gasteiger partial charge is 0.184 e. The topological polar surface area (TPSA) is 68.2 Å². The average Bonchev–Trinajstić information content (AvgIpc) is 2.52. The molecule has 0 aliphatic carbocycles. The van der Waals surface area contributed by atoms with Crippen molar-refractivity contribution in [1.82, 2.24) is 0 Å². The van der Waals surface area contributed by atoms with E-state index in [1.54, 1.807) is 6.08 Å². The van der Waals surface area contributed by atoms with Crippen LogP contribution in [-0.4, -0.2) is 47.3 Å². The van der Waals surface area contributed by atoms with Crippen molar-refractivity contribution in [1.29, 1.82) is 0 Å². The number of fused-ring (bicyclic) bond motifs is 1. The number of aliphatic hydroxyl groups excluding tert-OH is 2. The highest BCUT2D eigenvalue weighted by Gasteiger charge is 2.53. The van der Waals surface area contributed by atoms with Gasteiger partial charge in [0.25, 0.3) is 0 Å². The number of hydrogen-bond acceptors (Lipinski definition) is 5. The van der Waals surface area contributed by atoms with Gasteiger partial charge in [-0.25, -0.2) is 0 Å². The van der Waals surface area contributed by atoms with Crippen molar-refractivity contribution in [2.75, 3.05) is 13.2 Å². The fraction of sp³-hybridized carbons (Fsp3) is 0.467. The van der Waals surface area contributed by atoms with Gasteiger partial charge in [-0.1, -0.05) is 36.4 Å². The van der Waals surface area contributed by atoms with Crippen LogP contribution in [0.2, 0.25) is 0 Å². The number of benzene rings is 1. The van der Waals surface area contributed by atoms with Gasteiger partial charge in [0, 0.05) is 5.56 Å². The average molecular weight is 278 g/mol. The zero-order valence-electron chi connectivity index (χ0n) is 11.0. The zero-order valence-corrected chi connectivity index (χ0v) is 11.0. The van der Waals surface area contributed by atoms with Crippen LogP contribution < -0.4 is 0 Å². The van der Waals surface area contributed by atoms with Crippen molar-refractivity contribution in [3.05, 3.63) is 48.6 Å². The molecule has 5 atom stereocenters. The summed E-state index contributed by atoms with van der Waals surface area (Å²) in [6.45, 7) is 4.00. The molecule has 0 spiro atoms. The summed E-state index contributed by atoms with van der Waals surface area (Å²) in [7, 11) is 0. The number of aliphatic hydroxyl groups is 2. The van der Waals surface area contributed by atoms with Crippen LogP contribution in [0.4, 0.5) is 0 Å². The van der Waals surface area contributed by atoms with E-state index >= 15 is 0 Å². The molecule has 2 N–H and O–H groups in total. The SMILES string of the molecule is C=C[C@@]12CO[C@@H](c3ccccc3)O[C@H]1[C@H](O)[C@@H](O)CO2. The van der Waals surface area contributed by atoms with Crippen molar-refractivity contribution in [2.45, 2.75) is 30.2 Å². The van der Waals surface area contributed by atoms with Crippen LogP contribution in [0.5, 0.6) is 0 Å². The standard InChI is InChI=1S/C15H18O5/c1-2-15-9-18-14(10-6-4-3-5-7-10)20-13(15)12(17)11(16)8-19-15/h2-7,11-14,16-17H,1,8-9H2/t11-,12+,13-,14+,15+/m0/s1. The third kappa shape index (κ3) is 2.17. The summed E-state index contributed by atoms with van der Waals surface area (Å²) in [6.07, 6.45) is -1.71. The van der Waals surface area contributed by atoms with Crippen molar-refractivity contribution >= 4 is 0 Å². The molecule has 0 radical (unpaired) electrons. The normalized spacial score (nSPS) is 40.9. The molecule has 20 heavy (non-hydrogen) atoms. The first kappa shape index (κ1) is 13.7. The highest BCUT2D eigenvalue weighted by Crippen LogP contribution is 2.39. The van der Waals surface area contributed by atoms with Crippen LogP contribution in [0, 0.1) is 0 Å².